The highest BCUT2D eigenvalue weighted by molar-refractivity contribution is 5.97. The van der Waals surface area contributed by atoms with E-state index in [1.807, 2.05) is 48.5 Å². The van der Waals surface area contributed by atoms with Gasteiger partial charge in [0.15, 0.2) is 0 Å². The number of benzene rings is 2. The van der Waals surface area contributed by atoms with Gasteiger partial charge in [0.05, 0.1) is 5.56 Å². The lowest BCUT2D eigenvalue weighted by molar-refractivity contribution is -0.130. The van der Waals surface area contributed by atoms with Gasteiger partial charge in [0.1, 0.15) is 12.4 Å². The number of nitrogens with zero attached hydrogens (tertiary/aromatic N) is 2. The predicted octanol–water partition coefficient (Wildman–Crippen LogP) is 2.57. The summed E-state index contributed by atoms with van der Waals surface area (Å²) in [4.78, 5) is 27.8. The first-order chi connectivity index (χ1) is 12.1. The molecular weight excluding hydrogens is 316 g/mol. The summed E-state index contributed by atoms with van der Waals surface area (Å²) < 4.78 is 5.88. The van der Waals surface area contributed by atoms with Gasteiger partial charge in [-0.3, -0.25) is 9.59 Å². The van der Waals surface area contributed by atoms with Crippen molar-refractivity contribution in [3.8, 4) is 5.75 Å². The lowest BCUT2D eigenvalue weighted by Crippen LogP contribution is -2.50. The zero-order chi connectivity index (χ0) is 17.6. The molecule has 0 saturated carbocycles. The quantitative estimate of drug-likeness (QED) is 0.861. The smallest absolute Gasteiger partial charge is 0.257 e. The Morgan fingerprint density at radius 3 is 2.16 bits per heavy atom. The van der Waals surface area contributed by atoms with Crippen LogP contribution < -0.4 is 4.74 Å². The number of carbonyl (C=O) groups is 2. The molecule has 0 spiro atoms. The van der Waals surface area contributed by atoms with Gasteiger partial charge in [0.2, 0.25) is 5.91 Å². The Labute approximate surface area is 147 Å². The monoisotopic (exact) mass is 338 g/mol. The van der Waals surface area contributed by atoms with E-state index < -0.39 is 0 Å². The van der Waals surface area contributed by atoms with E-state index in [9.17, 15) is 9.59 Å². The van der Waals surface area contributed by atoms with Gasteiger partial charge >= 0.3 is 0 Å². The molecule has 0 unspecified atom stereocenters. The number of amides is 2. The summed E-state index contributed by atoms with van der Waals surface area (Å²) in [7, 11) is 0. The summed E-state index contributed by atoms with van der Waals surface area (Å²) >= 11 is 0. The molecule has 1 aliphatic heterocycles. The SMILES string of the molecule is CC(=O)N1CCN(C(=O)c2ccccc2OCc2ccccc2)CC1. The Balaban J connectivity index is 1.68. The molecule has 5 heteroatoms. The highest BCUT2D eigenvalue weighted by Gasteiger charge is 2.25. The van der Waals surface area contributed by atoms with Gasteiger partial charge in [-0.1, -0.05) is 42.5 Å². The summed E-state index contributed by atoms with van der Waals surface area (Å²) in [5, 5.41) is 0. The molecule has 0 bridgehead atoms. The van der Waals surface area contributed by atoms with Crippen LogP contribution in [0.2, 0.25) is 0 Å². The van der Waals surface area contributed by atoms with Gasteiger partial charge < -0.3 is 14.5 Å². The minimum Gasteiger partial charge on any atom is -0.488 e. The number of hydrogen-bond acceptors (Lipinski definition) is 3. The molecule has 1 saturated heterocycles. The normalized spacial score (nSPS) is 14.3. The van der Waals surface area contributed by atoms with Gasteiger partial charge in [-0.15, -0.1) is 0 Å². The van der Waals surface area contributed by atoms with E-state index in [1.54, 1.807) is 22.8 Å². The summed E-state index contributed by atoms with van der Waals surface area (Å²) in [6.07, 6.45) is 0. The van der Waals surface area contributed by atoms with Crippen molar-refractivity contribution in [1.82, 2.24) is 9.80 Å². The molecule has 0 N–H and O–H groups in total. The van der Waals surface area contributed by atoms with Gasteiger partial charge in [-0.05, 0) is 17.7 Å². The first-order valence-corrected chi connectivity index (χ1v) is 8.45. The van der Waals surface area contributed by atoms with E-state index in [0.717, 1.165) is 5.56 Å². The van der Waals surface area contributed by atoms with Gasteiger partial charge in [0.25, 0.3) is 5.91 Å². The fourth-order valence-corrected chi connectivity index (χ4v) is 2.90. The van der Waals surface area contributed by atoms with Crippen LogP contribution >= 0.6 is 0 Å². The second-order valence-electron chi connectivity index (χ2n) is 6.07. The van der Waals surface area contributed by atoms with E-state index in [-0.39, 0.29) is 11.8 Å². The molecule has 25 heavy (non-hydrogen) atoms. The molecule has 3 rings (SSSR count). The minimum absolute atomic E-state index is 0.0492. The number of piperazine rings is 1. The largest absolute Gasteiger partial charge is 0.488 e. The summed E-state index contributed by atoms with van der Waals surface area (Å²) in [5.74, 6) is 0.593. The van der Waals surface area contributed by atoms with Crippen molar-refractivity contribution in [2.45, 2.75) is 13.5 Å². The average molecular weight is 338 g/mol. The van der Waals surface area contributed by atoms with E-state index in [0.29, 0.717) is 44.1 Å². The Kier molecular flexibility index (Phi) is 5.33. The number of para-hydroxylation sites is 1. The van der Waals surface area contributed by atoms with Crippen molar-refractivity contribution < 1.29 is 14.3 Å². The first-order valence-electron chi connectivity index (χ1n) is 8.45. The number of carbonyl (C=O) groups excluding carboxylic acids is 2. The third kappa shape index (κ3) is 4.18. The number of rotatable bonds is 4. The highest BCUT2D eigenvalue weighted by atomic mass is 16.5. The Morgan fingerprint density at radius 1 is 0.880 bits per heavy atom. The maximum atomic E-state index is 12.9. The maximum absolute atomic E-state index is 12.9. The lowest BCUT2D eigenvalue weighted by atomic mass is 10.1. The predicted molar refractivity (Wildman–Crippen MR) is 95.4 cm³/mol. The molecule has 1 aliphatic rings. The molecule has 2 aromatic carbocycles. The molecular formula is C20H22N2O3. The van der Waals surface area contributed by atoms with E-state index in [2.05, 4.69) is 0 Å². The molecule has 1 fully saturated rings. The fraction of sp³-hybridized carbons (Fsp3) is 0.300. The first kappa shape index (κ1) is 17.0. The third-order valence-corrected chi connectivity index (χ3v) is 4.37. The van der Waals surface area contributed by atoms with Crippen molar-refractivity contribution in [2.24, 2.45) is 0 Å². The van der Waals surface area contributed by atoms with Crippen LogP contribution in [0.25, 0.3) is 0 Å². The summed E-state index contributed by atoms with van der Waals surface area (Å²) in [5.41, 5.74) is 1.62. The Morgan fingerprint density at radius 2 is 1.48 bits per heavy atom. The van der Waals surface area contributed by atoms with Crippen molar-refractivity contribution in [3.05, 3.63) is 65.7 Å². The number of ether oxygens (including phenoxy) is 1. The summed E-state index contributed by atoms with van der Waals surface area (Å²) in [6.45, 7) is 4.23. The van der Waals surface area contributed by atoms with Crippen molar-refractivity contribution in [1.29, 1.82) is 0 Å². The third-order valence-electron chi connectivity index (χ3n) is 4.37. The molecule has 0 atom stereocenters. The molecule has 0 radical (unpaired) electrons. The van der Waals surface area contributed by atoms with E-state index in [4.69, 9.17) is 4.74 Å². The second kappa shape index (κ2) is 7.83. The van der Waals surface area contributed by atoms with E-state index in [1.165, 1.54) is 0 Å². The topological polar surface area (TPSA) is 49.9 Å². The van der Waals surface area contributed by atoms with Gasteiger partial charge in [0, 0.05) is 33.1 Å². The van der Waals surface area contributed by atoms with Crippen LogP contribution in [-0.2, 0) is 11.4 Å². The molecule has 0 aliphatic carbocycles. The van der Waals surface area contributed by atoms with Crippen LogP contribution in [0.4, 0.5) is 0 Å². The molecule has 2 aromatic rings. The van der Waals surface area contributed by atoms with Gasteiger partial charge in [-0.25, -0.2) is 0 Å². The van der Waals surface area contributed by atoms with Gasteiger partial charge in [-0.2, -0.15) is 0 Å². The van der Waals surface area contributed by atoms with Crippen molar-refractivity contribution in [3.63, 3.8) is 0 Å². The molecule has 0 aromatic heterocycles. The van der Waals surface area contributed by atoms with Crippen LogP contribution in [0.5, 0.6) is 5.75 Å². The van der Waals surface area contributed by atoms with Crippen LogP contribution in [0.15, 0.2) is 54.6 Å². The highest BCUT2D eigenvalue weighted by Crippen LogP contribution is 2.22. The fourth-order valence-electron chi connectivity index (χ4n) is 2.90. The second-order valence-corrected chi connectivity index (χ2v) is 6.07. The van der Waals surface area contributed by atoms with E-state index >= 15 is 0 Å². The molecule has 130 valence electrons. The molecule has 1 heterocycles. The van der Waals surface area contributed by atoms with Crippen LogP contribution in [0, 0.1) is 0 Å². The zero-order valence-corrected chi connectivity index (χ0v) is 14.4. The Bertz CT molecular complexity index is 738. The molecule has 5 nitrogen and oxygen atoms in total. The van der Waals surface area contributed by atoms with Crippen molar-refractivity contribution in [2.75, 3.05) is 26.2 Å². The summed E-state index contributed by atoms with van der Waals surface area (Å²) in [6, 6.07) is 17.2. The Hall–Kier alpha value is -2.82. The zero-order valence-electron chi connectivity index (χ0n) is 14.4. The average Bonchev–Trinajstić information content (AvgIpc) is 2.67. The number of hydrogen-bond donors (Lipinski definition) is 0. The molecule has 2 amide bonds. The van der Waals surface area contributed by atoms with Crippen LogP contribution in [0.1, 0.15) is 22.8 Å². The van der Waals surface area contributed by atoms with Crippen LogP contribution in [-0.4, -0.2) is 47.8 Å². The maximum Gasteiger partial charge on any atom is 0.257 e. The van der Waals surface area contributed by atoms with Crippen molar-refractivity contribution >= 4 is 11.8 Å². The lowest BCUT2D eigenvalue weighted by Gasteiger charge is -2.34. The van der Waals surface area contributed by atoms with Crippen LogP contribution in [0.3, 0.4) is 0 Å². The minimum atomic E-state index is -0.0492. The standard InChI is InChI=1S/C20H22N2O3/c1-16(23)21-11-13-22(14-12-21)20(24)18-9-5-6-10-19(18)25-15-17-7-3-2-4-8-17/h2-10H,11-15H2,1H3.